The Morgan fingerprint density at radius 3 is 2.52 bits per heavy atom. The average molecular weight is 455 g/mol. The van der Waals surface area contributed by atoms with Gasteiger partial charge in [0, 0.05) is 11.6 Å². The highest BCUT2D eigenvalue weighted by atomic mass is 32.2. The van der Waals surface area contributed by atoms with Crippen LogP contribution in [0.1, 0.15) is 47.3 Å². The summed E-state index contributed by atoms with van der Waals surface area (Å²) in [5.41, 5.74) is 4.25. The molecule has 0 aliphatic rings. The lowest BCUT2D eigenvalue weighted by atomic mass is 10.00. The highest BCUT2D eigenvalue weighted by molar-refractivity contribution is 8.00. The Balaban J connectivity index is 2.13. The molecule has 0 saturated carbocycles. The number of alkyl halides is 3. The van der Waals surface area contributed by atoms with Gasteiger partial charge in [0.2, 0.25) is 11.8 Å². The van der Waals surface area contributed by atoms with Crippen LogP contribution in [0.15, 0.2) is 47.4 Å². The predicted molar refractivity (Wildman–Crippen MR) is 110 cm³/mol. The number of nitrogens with two attached hydrogens (primary N) is 1. The second-order valence-corrected chi connectivity index (χ2v) is 7.64. The number of carbonyl (C=O) groups is 2. The fourth-order valence-electron chi connectivity index (χ4n) is 2.86. The van der Waals surface area contributed by atoms with E-state index in [1.165, 1.54) is 24.3 Å². The molecule has 3 N–H and O–H groups in total. The van der Waals surface area contributed by atoms with Gasteiger partial charge in [0.25, 0.3) is 5.69 Å². The van der Waals surface area contributed by atoms with Crippen molar-refractivity contribution in [2.45, 2.75) is 36.9 Å². The summed E-state index contributed by atoms with van der Waals surface area (Å²) in [5.74, 6) is -1.51. The summed E-state index contributed by atoms with van der Waals surface area (Å²) in [7, 11) is 0. The number of primary amides is 1. The molecule has 2 aromatic rings. The Morgan fingerprint density at radius 2 is 1.94 bits per heavy atom. The second-order valence-electron chi connectivity index (χ2n) is 6.62. The van der Waals surface area contributed by atoms with Crippen LogP contribution in [0, 0.1) is 10.1 Å². The Bertz CT molecular complexity index is 982. The van der Waals surface area contributed by atoms with E-state index in [0.717, 1.165) is 30.0 Å². The molecule has 0 aliphatic carbocycles. The first-order chi connectivity index (χ1) is 14.5. The first-order valence-corrected chi connectivity index (χ1v) is 10.2. The minimum atomic E-state index is -4.50. The summed E-state index contributed by atoms with van der Waals surface area (Å²) < 4.78 is 39.0. The number of halogens is 3. The molecule has 0 heterocycles. The van der Waals surface area contributed by atoms with Crippen LogP contribution in [0.25, 0.3) is 0 Å². The van der Waals surface area contributed by atoms with Crippen molar-refractivity contribution in [3.63, 3.8) is 0 Å². The van der Waals surface area contributed by atoms with Crippen molar-refractivity contribution in [2.24, 2.45) is 5.73 Å². The third-order valence-corrected chi connectivity index (χ3v) is 5.39. The monoisotopic (exact) mass is 455 g/mol. The van der Waals surface area contributed by atoms with Crippen LogP contribution in [0.3, 0.4) is 0 Å². The summed E-state index contributed by atoms with van der Waals surface area (Å²) in [5, 5.41) is 13.9. The number of thioether (sulfide) groups is 1. The fraction of sp³-hybridized carbons (Fsp3) is 0.300. The molecule has 1 atom stereocenters. The van der Waals surface area contributed by atoms with Crippen molar-refractivity contribution in [1.29, 1.82) is 0 Å². The fourth-order valence-corrected chi connectivity index (χ4v) is 3.67. The van der Waals surface area contributed by atoms with Gasteiger partial charge in [-0.15, -0.1) is 11.8 Å². The smallest absolute Gasteiger partial charge is 0.366 e. The lowest BCUT2D eigenvalue weighted by molar-refractivity contribution is -0.387. The van der Waals surface area contributed by atoms with Crippen molar-refractivity contribution in [3.8, 4) is 0 Å². The van der Waals surface area contributed by atoms with E-state index < -0.39 is 34.5 Å². The molecule has 0 spiro atoms. The molecule has 7 nitrogen and oxygen atoms in total. The van der Waals surface area contributed by atoms with Crippen molar-refractivity contribution in [2.75, 3.05) is 5.75 Å². The summed E-state index contributed by atoms with van der Waals surface area (Å²) in [4.78, 5) is 34.4. The zero-order valence-electron chi connectivity index (χ0n) is 16.4. The Morgan fingerprint density at radius 1 is 1.23 bits per heavy atom. The van der Waals surface area contributed by atoms with E-state index in [4.69, 9.17) is 5.73 Å². The number of nitro benzene ring substituents is 1. The molecule has 0 radical (unpaired) electrons. The zero-order chi connectivity index (χ0) is 23.2. The highest BCUT2D eigenvalue weighted by Crippen LogP contribution is 2.32. The maximum atomic E-state index is 13.0. The molecule has 0 aromatic heterocycles. The quantitative estimate of drug-likeness (QED) is 0.329. The molecule has 0 saturated heterocycles. The van der Waals surface area contributed by atoms with E-state index in [1.807, 2.05) is 6.92 Å². The molecular weight excluding hydrogens is 435 g/mol. The van der Waals surface area contributed by atoms with E-state index in [2.05, 4.69) is 5.32 Å². The Kier molecular flexibility index (Phi) is 8.03. The molecule has 11 heteroatoms. The summed E-state index contributed by atoms with van der Waals surface area (Å²) in [6, 6.07) is 7.80. The Labute approximate surface area is 180 Å². The molecule has 0 aliphatic heterocycles. The third kappa shape index (κ3) is 6.71. The van der Waals surface area contributed by atoms with Gasteiger partial charge in [-0.1, -0.05) is 25.5 Å². The predicted octanol–water partition coefficient (Wildman–Crippen LogP) is 4.46. The molecule has 0 fully saturated rings. The lowest BCUT2D eigenvalue weighted by Crippen LogP contribution is -2.30. The molecule has 2 amide bonds. The summed E-state index contributed by atoms with van der Waals surface area (Å²) >= 11 is 0.881. The first-order valence-electron chi connectivity index (χ1n) is 9.20. The topological polar surface area (TPSA) is 115 Å². The van der Waals surface area contributed by atoms with Crippen molar-refractivity contribution < 1.29 is 27.7 Å². The van der Waals surface area contributed by atoms with Gasteiger partial charge in [0.15, 0.2) is 0 Å². The second kappa shape index (κ2) is 10.3. The van der Waals surface area contributed by atoms with Gasteiger partial charge in [0.05, 0.1) is 27.2 Å². The van der Waals surface area contributed by atoms with Gasteiger partial charge in [-0.2, -0.15) is 13.2 Å². The van der Waals surface area contributed by atoms with Crippen LogP contribution in [-0.2, 0) is 11.0 Å². The van der Waals surface area contributed by atoms with Crippen LogP contribution < -0.4 is 11.1 Å². The van der Waals surface area contributed by atoms with E-state index in [0.29, 0.717) is 18.4 Å². The molecule has 2 aromatic carbocycles. The molecule has 166 valence electrons. The van der Waals surface area contributed by atoms with Gasteiger partial charge < -0.3 is 11.1 Å². The van der Waals surface area contributed by atoms with E-state index in [9.17, 15) is 32.9 Å². The lowest BCUT2D eigenvalue weighted by Gasteiger charge is -2.20. The van der Waals surface area contributed by atoms with Crippen molar-refractivity contribution >= 4 is 29.3 Å². The number of hydrogen-bond donors (Lipinski definition) is 2. The average Bonchev–Trinajstić information content (AvgIpc) is 2.71. The van der Waals surface area contributed by atoms with Crippen molar-refractivity contribution in [1.82, 2.24) is 5.32 Å². The number of carbonyl (C=O) groups excluding carboxylic acids is 2. The number of benzene rings is 2. The highest BCUT2D eigenvalue weighted by Gasteiger charge is 2.31. The molecule has 0 bridgehead atoms. The summed E-state index contributed by atoms with van der Waals surface area (Å²) in [6.45, 7) is 1.84. The van der Waals surface area contributed by atoms with Crippen LogP contribution in [0.2, 0.25) is 0 Å². The molecule has 1 unspecified atom stereocenters. The van der Waals surface area contributed by atoms with Gasteiger partial charge in [-0.25, -0.2) is 0 Å². The zero-order valence-corrected chi connectivity index (χ0v) is 17.3. The Hall–Kier alpha value is -3.08. The van der Waals surface area contributed by atoms with Gasteiger partial charge in [0.1, 0.15) is 0 Å². The SMILES string of the molecule is CCCC(NC(=O)CSc1ccc(C(N)=O)cc1[N+](=O)[O-])c1cccc(C(F)(F)F)c1. The number of nitro groups is 1. The van der Waals surface area contributed by atoms with E-state index in [-0.39, 0.29) is 21.9 Å². The minimum absolute atomic E-state index is 0.0342. The van der Waals surface area contributed by atoms with Crippen molar-refractivity contribution in [3.05, 3.63) is 69.3 Å². The number of amides is 2. The van der Waals surface area contributed by atoms with Crippen LogP contribution >= 0.6 is 11.8 Å². The van der Waals surface area contributed by atoms with Gasteiger partial charge in [-0.3, -0.25) is 19.7 Å². The van der Waals surface area contributed by atoms with E-state index in [1.54, 1.807) is 0 Å². The van der Waals surface area contributed by atoms with Gasteiger partial charge >= 0.3 is 6.18 Å². The molecule has 2 rings (SSSR count). The minimum Gasteiger partial charge on any atom is -0.366 e. The first kappa shape index (κ1) is 24.2. The van der Waals surface area contributed by atoms with Crippen LogP contribution in [0.5, 0.6) is 0 Å². The molecular formula is C20H20F3N3O4S. The van der Waals surface area contributed by atoms with Crippen LogP contribution in [-0.4, -0.2) is 22.5 Å². The number of rotatable bonds is 9. The third-order valence-electron chi connectivity index (χ3n) is 4.33. The number of hydrogen-bond acceptors (Lipinski definition) is 5. The maximum absolute atomic E-state index is 13.0. The largest absolute Gasteiger partial charge is 0.416 e. The molecule has 31 heavy (non-hydrogen) atoms. The number of nitrogens with zero attached hydrogens (tertiary/aromatic N) is 1. The normalized spacial score (nSPS) is 12.3. The van der Waals surface area contributed by atoms with Gasteiger partial charge in [-0.05, 0) is 36.2 Å². The van der Waals surface area contributed by atoms with Crippen LogP contribution in [0.4, 0.5) is 18.9 Å². The maximum Gasteiger partial charge on any atom is 0.416 e. The van der Waals surface area contributed by atoms with E-state index >= 15 is 0 Å². The standard InChI is InChI=1S/C20H20F3N3O4S/c1-2-4-15(12-5-3-6-14(9-12)20(21,22)23)25-18(27)11-31-17-8-7-13(19(24)28)10-16(17)26(29)30/h3,5-10,15H,2,4,11H2,1H3,(H2,24,28)(H,25,27). The summed E-state index contributed by atoms with van der Waals surface area (Å²) in [6.07, 6.45) is -3.46. The number of nitrogens with one attached hydrogen (secondary N) is 1.